The number of hydrogen-bond donors (Lipinski definition) is 1. The summed E-state index contributed by atoms with van der Waals surface area (Å²) < 4.78 is 29.2. The third-order valence-corrected chi connectivity index (χ3v) is 6.23. The molecule has 1 unspecified atom stereocenters. The summed E-state index contributed by atoms with van der Waals surface area (Å²) in [5.74, 6) is 0.896. The lowest BCUT2D eigenvalue weighted by atomic mass is 10.1. The lowest BCUT2D eigenvalue weighted by Gasteiger charge is -2.29. The van der Waals surface area contributed by atoms with Gasteiger partial charge in [-0.2, -0.15) is 0 Å². The smallest absolute Gasteiger partial charge is 0.320 e. The van der Waals surface area contributed by atoms with Crippen molar-refractivity contribution >= 4 is 15.9 Å². The standard InChI is InChI=1S/C18H29N3O4S/c1-14-5-6-17(15(2)11-14)25-13-19-18(22)21(9-8-20(3)4)16-7-10-26(23,24)12-16/h5-6,11,16H,7-10,12-13H2,1-4H3,(H,19,22). The van der Waals surface area contributed by atoms with Crippen LogP contribution in [-0.4, -0.2) is 75.7 Å². The van der Waals surface area contributed by atoms with Gasteiger partial charge in [-0.3, -0.25) is 0 Å². The van der Waals surface area contributed by atoms with E-state index in [1.807, 2.05) is 51.0 Å². The molecule has 1 saturated heterocycles. The highest BCUT2D eigenvalue weighted by Gasteiger charge is 2.34. The molecule has 146 valence electrons. The second-order valence-corrected chi connectivity index (χ2v) is 9.32. The number of aryl methyl sites for hydroxylation is 2. The van der Waals surface area contributed by atoms with E-state index < -0.39 is 9.84 Å². The zero-order valence-electron chi connectivity index (χ0n) is 16.0. The molecule has 2 rings (SSSR count). The number of carbonyl (C=O) groups is 1. The molecule has 26 heavy (non-hydrogen) atoms. The van der Waals surface area contributed by atoms with Crippen molar-refractivity contribution in [1.29, 1.82) is 0 Å². The summed E-state index contributed by atoms with van der Waals surface area (Å²) in [6, 6.07) is 5.28. The molecule has 1 aromatic rings. The molecule has 8 heteroatoms. The Kier molecular flexibility index (Phi) is 6.88. The summed E-state index contributed by atoms with van der Waals surface area (Å²) in [5, 5.41) is 2.75. The van der Waals surface area contributed by atoms with E-state index in [4.69, 9.17) is 4.74 Å². The highest BCUT2D eigenvalue weighted by atomic mass is 32.2. The van der Waals surface area contributed by atoms with E-state index in [2.05, 4.69) is 5.32 Å². The Balaban J connectivity index is 1.95. The predicted octanol–water partition coefficient (Wildman–Crippen LogP) is 1.40. The third-order valence-electron chi connectivity index (χ3n) is 4.48. The van der Waals surface area contributed by atoms with Crippen LogP contribution < -0.4 is 10.1 Å². The number of ether oxygens (including phenoxy) is 1. The molecular weight excluding hydrogens is 354 g/mol. The first-order valence-electron chi connectivity index (χ1n) is 8.77. The molecule has 1 heterocycles. The van der Waals surface area contributed by atoms with Gasteiger partial charge in [-0.25, -0.2) is 13.2 Å². The molecular formula is C18H29N3O4S. The van der Waals surface area contributed by atoms with Crippen molar-refractivity contribution in [2.45, 2.75) is 26.3 Å². The molecule has 1 aromatic carbocycles. The van der Waals surface area contributed by atoms with Crippen molar-refractivity contribution in [3.05, 3.63) is 29.3 Å². The first kappa shape index (κ1) is 20.5. The number of benzene rings is 1. The molecule has 0 saturated carbocycles. The van der Waals surface area contributed by atoms with Gasteiger partial charge in [0.15, 0.2) is 16.6 Å². The van der Waals surface area contributed by atoms with E-state index in [0.29, 0.717) is 19.5 Å². The Morgan fingerprint density at radius 2 is 2.00 bits per heavy atom. The maximum atomic E-state index is 12.6. The summed E-state index contributed by atoms with van der Waals surface area (Å²) in [4.78, 5) is 16.2. The van der Waals surface area contributed by atoms with Gasteiger partial charge in [0.2, 0.25) is 0 Å². The van der Waals surface area contributed by atoms with Crippen molar-refractivity contribution < 1.29 is 17.9 Å². The maximum absolute atomic E-state index is 12.6. The van der Waals surface area contributed by atoms with E-state index in [9.17, 15) is 13.2 Å². The molecule has 0 spiro atoms. The van der Waals surface area contributed by atoms with Crippen molar-refractivity contribution in [3.63, 3.8) is 0 Å². The molecule has 0 radical (unpaired) electrons. The molecule has 1 atom stereocenters. The second-order valence-electron chi connectivity index (χ2n) is 7.09. The highest BCUT2D eigenvalue weighted by Crippen LogP contribution is 2.19. The second kappa shape index (κ2) is 8.73. The number of hydrogen-bond acceptors (Lipinski definition) is 5. The minimum Gasteiger partial charge on any atom is -0.473 e. The van der Waals surface area contributed by atoms with Gasteiger partial charge in [0, 0.05) is 19.1 Å². The fraction of sp³-hybridized carbons (Fsp3) is 0.611. The molecule has 7 nitrogen and oxygen atoms in total. The van der Waals surface area contributed by atoms with Crippen LogP contribution in [0.15, 0.2) is 18.2 Å². The SMILES string of the molecule is Cc1ccc(OCNC(=O)N(CCN(C)C)C2CCS(=O)(=O)C2)c(C)c1. The lowest BCUT2D eigenvalue weighted by Crippen LogP contribution is -2.49. The maximum Gasteiger partial charge on any atom is 0.320 e. The number of sulfone groups is 1. The number of nitrogens with zero attached hydrogens (tertiary/aromatic N) is 2. The first-order valence-corrected chi connectivity index (χ1v) is 10.6. The summed E-state index contributed by atoms with van der Waals surface area (Å²) in [7, 11) is 0.790. The van der Waals surface area contributed by atoms with E-state index in [0.717, 1.165) is 16.9 Å². The third kappa shape index (κ3) is 5.88. The quantitative estimate of drug-likeness (QED) is 0.720. The predicted molar refractivity (Wildman–Crippen MR) is 102 cm³/mol. The van der Waals surface area contributed by atoms with Crippen molar-refractivity contribution in [3.8, 4) is 5.75 Å². The van der Waals surface area contributed by atoms with Crippen molar-refractivity contribution in [2.24, 2.45) is 0 Å². The number of urea groups is 1. The Hall–Kier alpha value is -1.80. The summed E-state index contributed by atoms with van der Waals surface area (Å²) in [5.41, 5.74) is 2.15. The zero-order chi connectivity index (χ0) is 19.3. The largest absolute Gasteiger partial charge is 0.473 e. The van der Waals surface area contributed by atoms with Crippen LogP contribution in [-0.2, 0) is 9.84 Å². The van der Waals surface area contributed by atoms with E-state index in [1.165, 1.54) is 0 Å². The van der Waals surface area contributed by atoms with Crippen LogP contribution in [0.3, 0.4) is 0 Å². The average molecular weight is 384 g/mol. The Labute approximate surface area is 156 Å². The van der Waals surface area contributed by atoms with Crippen LogP contribution in [0, 0.1) is 13.8 Å². The van der Waals surface area contributed by atoms with Gasteiger partial charge in [-0.15, -0.1) is 0 Å². The number of carbonyl (C=O) groups excluding carboxylic acids is 1. The summed E-state index contributed by atoms with van der Waals surface area (Å²) >= 11 is 0. The van der Waals surface area contributed by atoms with Gasteiger partial charge >= 0.3 is 6.03 Å². The van der Waals surface area contributed by atoms with Gasteiger partial charge in [-0.1, -0.05) is 17.7 Å². The Morgan fingerprint density at radius 3 is 2.58 bits per heavy atom. The van der Waals surface area contributed by atoms with Crippen LogP contribution in [0.5, 0.6) is 5.75 Å². The molecule has 1 fully saturated rings. The fourth-order valence-corrected chi connectivity index (χ4v) is 4.75. The van der Waals surface area contributed by atoms with Crippen molar-refractivity contribution in [2.75, 3.05) is 45.4 Å². The van der Waals surface area contributed by atoms with E-state index in [-0.39, 0.29) is 30.3 Å². The number of nitrogens with one attached hydrogen (secondary N) is 1. The molecule has 1 aliphatic heterocycles. The zero-order valence-corrected chi connectivity index (χ0v) is 16.8. The number of rotatable bonds is 7. The van der Waals surface area contributed by atoms with Crippen LogP contribution in [0.4, 0.5) is 4.79 Å². The van der Waals surface area contributed by atoms with Crippen LogP contribution in [0.25, 0.3) is 0 Å². The number of likely N-dealkylation sites (N-methyl/N-ethyl adjacent to an activating group) is 1. The molecule has 0 aromatic heterocycles. The van der Waals surface area contributed by atoms with Gasteiger partial charge in [0.1, 0.15) is 5.75 Å². The molecule has 0 aliphatic carbocycles. The lowest BCUT2D eigenvalue weighted by molar-refractivity contribution is 0.162. The number of amides is 2. The van der Waals surface area contributed by atoms with Gasteiger partial charge in [-0.05, 0) is 46.0 Å². The van der Waals surface area contributed by atoms with Crippen LogP contribution in [0.1, 0.15) is 17.5 Å². The molecule has 1 N–H and O–H groups in total. The average Bonchev–Trinajstić information content (AvgIpc) is 2.89. The van der Waals surface area contributed by atoms with E-state index >= 15 is 0 Å². The summed E-state index contributed by atoms with van der Waals surface area (Å²) in [6.07, 6.45) is 0.487. The first-order chi connectivity index (χ1) is 12.2. The van der Waals surface area contributed by atoms with Crippen LogP contribution in [0.2, 0.25) is 0 Å². The van der Waals surface area contributed by atoms with Crippen LogP contribution >= 0.6 is 0 Å². The summed E-state index contributed by atoms with van der Waals surface area (Å²) in [6.45, 7) is 5.15. The fourth-order valence-electron chi connectivity index (χ4n) is 3.02. The minimum absolute atomic E-state index is 0.0335. The molecule has 0 bridgehead atoms. The Morgan fingerprint density at radius 1 is 1.27 bits per heavy atom. The van der Waals surface area contributed by atoms with Gasteiger partial charge in [0.25, 0.3) is 0 Å². The monoisotopic (exact) mass is 383 g/mol. The van der Waals surface area contributed by atoms with Gasteiger partial charge in [0.05, 0.1) is 11.5 Å². The topological polar surface area (TPSA) is 79.0 Å². The normalized spacial score (nSPS) is 18.7. The molecule has 2 amide bonds. The molecule has 1 aliphatic rings. The minimum atomic E-state index is -3.05. The van der Waals surface area contributed by atoms with E-state index in [1.54, 1.807) is 4.90 Å². The van der Waals surface area contributed by atoms with Crippen molar-refractivity contribution in [1.82, 2.24) is 15.1 Å². The highest BCUT2D eigenvalue weighted by molar-refractivity contribution is 7.91. The van der Waals surface area contributed by atoms with Gasteiger partial charge < -0.3 is 19.9 Å². The Bertz CT molecular complexity index is 734.